The molecule has 2 unspecified atom stereocenters. The van der Waals surface area contributed by atoms with Crippen LogP contribution in [-0.4, -0.2) is 23.1 Å². The zero-order valence-corrected chi connectivity index (χ0v) is 12.2. The first kappa shape index (κ1) is 14.8. The predicted molar refractivity (Wildman–Crippen MR) is 81.1 cm³/mol. The molecule has 1 aliphatic rings. The van der Waals surface area contributed by atoms with Crippen LogP contribution in [0.2, 0.25) is 0 Å². The van der Waals surface area contributed by atoms with Crippen LogP contribution in [0.1, 0.15) is 38.7 Å². The molecule has 0 bridgehead atoms. The first-order valence-electron chi connectivity index (χ1n) is 7.25. The van der Waals surface area contributed by atoms with E-state index in [-0.39, 0.29) is 6.03 Å². The number of hydrogen-bond acceptors (Lipinski definition) is 3. The first-order chi connectivity index (χ1) is 9.60. The lowest BCUT2D eigenvalue weighted by Gasteiger charge is -2.38. The summed E-state index contributed by atoms with van der Waals surface area (Å²) in [5.41, 5.74) is 10.3. The summed E-state index contributed by atoms with van der Waals surface area (Å²) in [7, 11) is 0. The Kier molecular flexibility index (Phi) is 4.98. The molecule has 1 aromatic rings. The minimum absolute atomic E-state index is 0.195. The van der Waals surface area contributed by atoms with Gasteiger partial charge < -0.3 is 11.1 Å². The molecule has 1 saturated heterocycles. The van der Waals surface area contributed by atoms with Crippen LogP contribution in [0.3, 0.4) is 0 Å². The van der Waals surface area contributed by atoms with Gasteiger partial charge in [-0.2, -0.15) is 0 Å². The lowest BCUT2D eigenvalue weighted by molar-refractivity contribution is 0.0625. The van der Waals surface area contributed by atoms with Crippen molar-refractivity contribution in [1.82, 2.24) is 10.4 Å². The van der Waals surface area contributed by atoms with Crippen LogP contribution in [0.15, 0.2) is 24.3 Å². The van der Waals surface area contributed by atoms with Crippen LogP contribution in [0.25, 0.3) is 0 Å². The van der Waals surface area contributed by atoms with Crippen molar-refractivity contribution in [2.75, 3.05) is 5.32 Å². The van der Waals surface area contributed by atoms with Crippen LogP contribution < -0.4 is 16.5 Å². The van der Waals surface area contributed by atoms with Gasteiger partial charge in [0.2, 0.25) is 0 Å². The number of carbonyl (C=O) groups is 1. The van der Waals surface area contributed by atoms with E-state index < -0.39 is 0 Å². The van der Waals surface area contributed by atoms with E-state index in [1.54, 1.807) is 0 Å². The maximum atomic E-state index is 12.1. The Morgan fingerprint density at radius 2 is 2.05 bits per heavy atom. The Morgan fingerprint density at radius 1 is 1.35 bits per heavy atom. The van der Waals surface area contributed by atoms with Crippen molar-refractivity contribution in [3.63, 3.8) is 0 Å². The largest absolute Gasteiger partial charge is 0.333 e. The Hall–Kier alpha value is -1.59. The molecule has 1 heterocycles. The van der Waals surface area contributed by atoms with E-state index in [0.717, 1.165) is 24.1 Å². The molecule has 5 heteroatoms. The predicted octanol–water partition coefficient (Wildman–Crippen LogP) is 2.44. The Morgan fingerprint density at radius 3 is 2.70 bits per heavy atom. The zero-order valence-electron chi connectivity index (χ0n) is 12.2. The molecule has 0 spiro atoms. The van der Waals surface area contributed by atoms with E-state index in [4.69, 9.17) is 5.73 Å². The maximum absolute atomic E-state index is 12.1. The number of nitrogens with one attached hydrogen (secondary N) is 2. The Bertz CT molecular complexity index is 453. The molecule has 4 N–H and O–H groups in total. The van der Waals surface area contributed by atoms with Gasteiger partial charge in [0.05, 0.1) is 0 Å². The topological polar surface area (TPSA) is 70.4 Å². The highest BCUT2D eigenvalue weighted by Gasteiger charge is 2.25. The SMILES string of the molecule is CC1CCCC(C)N1NC(=O)Nc1cccc(CN)c1. The van der Waals surface area contributed by atoms with E-state index in [2.05, 4.69) is 24.6 Å². The summed E-state index contributed by atoms with van der Waals surface area (Å²) >= 11 is 0. The van der Waals surface area contributed by atoms with Crippen LogP contribution in [-0.2, 0) is 6.54 Å². The summed E-state index contributed by atoms with van der Waals surface area (Å²) in [5.74, 6) is 0. The third kappa shape index (κ3) is 3.71. The number of anilines is 1. The van der Waals surface area contributed by atoms with Crippen molar-refractivity contribution in [2.24, 2.45) is 5.73 Å². The van der Waals surface area contributed by atoms with Crippen molar-refractivity contribution in [3.8, 4) is 0 Å². The van der Waals surface area contributed by atoms with Gasteiger partial charge >= 0.3 is 6.03 Å². The summed E-state index contributed by atoms with van der Waals surface area (Å²) in [5, 5.41) is 4.91. The molecule has 5 nitrogen and oxygen atoms in total. The lowest BCUT2D eigenvalue weighted by Crippen LogP contribution is -2.55. The van der Waals surface area contributed by atoms with Gasteiger partial charge in [-0.1, -0.05) is 18.6 Å². The monoisotopic (exact) mass is 276 g/mol. The molecule has 1 fully saturated rings. The summed E-state index contributed by atoms with van der Waals surface area (Å²) in [6.07, 6.45) is 3.46. The molecule has 0 aromatic heterocycles. The van der Waals surface area contributed by atoms with Gasteiger partial charge in [0.1, 0.15) is 0 Å². The summed E-state index contributed by atoms with van der Waals surface area (Å²) in [4.78, 5) is 12.1. The molecular weight excluding hydrogens is 252 g/mol. The summed E-state index contributed by atoms with van der Waals surface area (Å²) in [6, 6.07) is 8.14. The minimum Gasteiger partial charge on any atom is -0.326 e. The molecule has 2 atom stereocenters. The normalized spacial score (nSPS) is 23.4. The molecule has 2 amide bonds. The molecule has 0 aliphatic carbocycles. The fourth-order valence-corrected chi connectivity index (χ4v) is 2.69. The summed E-state index contributed by atoms with van der Waals surface area (Å²) < 4.78 is 0. The highest BCUT2D eigenvalue weighted by molar-refractivity contribution is 5.88. The van der Waals surface area contributed by atoms with Crippen LogP contribution in [0.4, 0.5) is 10.5 Å². The number of amides is 2. The number of benzene rings is 1. The maximum Gasteiger partial charge on any atom is 0.333 e. The standard InChI is InChI=1S/C15H24N4O/c1-11-5-3-6-12(2)19(11)18-15(20)17-14-8-4-7-13(9-14)10-16/h4,7-9,11-12H,3,5-6,10,16H2,1-2H3,(H2,17,18,20). The summed E-state index contributed by atoms with van der Waals surface area (Å²) in [6.45, 7) is 4.76. The van der Waals surface area contributed by atoms with Crippen LogP contribution in [0, 0.1) is 0 Å². The third-order valence-electron chi connectivity index (χ3n) is 3.84. The Labute approximate surface area is 120 Å². The fraction of sp³-hybridized carbons (Fsp3) is 0.533. The van der Waals surface area contributed by atoms with E-state index in [0.29, 0.717) is 18.6 Å². The number of carbonyl (C=O) groups excluding carboxylic acids is 1. The molecule has 0 radical (unpaired) electrons. The second kappa shape index (κ2) is 6.72. The molecule has 1 aliphatic heterocycles. The number of nitrogens with zero attached hydrogens (tertiary/aromatic N) is 1. The van der Waals surface area contributed by atoms with E-state index >= 15 is 0 Å². The highest BCUT2D eigenvalue weighted by Crippen LogP contribution is 2.20. The minimum atomic E-state index is -0.195. The van der Waals surface area contributed by atoms with Gasteiger partial charge in [-0.05, 0) is 44.4 Å². The van der Waals surface area contributed by atoms with E-state index in [1.807, 2.05) is 29.3 Å². The van der Waals surface area contributed by atoms with Crippen molar-refractivity contribution in [1.29, 1.82) is 0 Å². The van der Waals surface area contributed by atoms with Gasteiger partial charge in [-0.15, -0.1) is 0 Å². The molecule has 2 rings (SSSR count). The first-order valence-corrected chi connectivity index (χ1v) is 7.25. The molecular formula is C15H24N4O. The lowest BCUT2D eigenvalue weighted by atomic mass is 10.00. The van der Waals surface area contributed by atoms with Crippen molar-refractivity contribution in [2.45, 2.75) is 51.7 Å². The van der Waals surface area contributed by atoms with Gasteiger partial charge in [0.25, 0.3) is 0 Å². The second-order valence-corrected chi connectivity index (χ2v) is 5.51. The molecule has 20 heavy (non-hydrogen) atoms. The number of nitrogens with two attached hydrogens (primary N) is 1. The van der Waals surface area contributed by atoms with E-state index in [9.17, 15) is 4.79 Å². The van der Waals surface area contributed by atoms with Crippen molar-refractivity contribution < 1.29 is 4.79 Å². The third-order valence-corrected chi connectivity index (χ3v) is 3.84. The van der Waals surface area contributed by atoms with Gasteiger partial charge in [0, 0.05) is 24.3 Å². The molecule has 110 valence electrons. The molecule has 0 saturated carbocycles. The van der Waals surface area contributed by atoms with E-state index in [1.165, 1.54) is 6.42 Å². The number of hydrogen-bond donors (Lipinski definition) is 3. The van der Waals surface area contributed by atoms with Crippen LogP contribution in [0.5, 0.6) is 0 Å². The van der Waals surface area contributed by atoms with Crippen LogP contribution >= 0.6 is 0 Å². The number of rotatable bonds is 3. The van der Waals surface area contributed by atoms with Gasteiger partial charge in [-0.3, -0.25) is 5.43 Å². The van der Waals surface area contributed by atoms with Crippen molar-refractivity contribution >= 4 is 11.7 Å². The zero-order chi connectivity index (χ0) is 14.5. The fourth-order valence-electron chi connectivity index (χ4n) is 2.69. The van der Waals surface area contributed by atoms with Gasteiger partial charge in [0.15, 0.2) is 0 Å². The average Bonchev–Trinajstić information content (AvgIpc) is 2.43. The number of hydrazine groups is 1. The average molecular weight is 276 g/mol. The molecule has 1 aromatic carbocycles. The van der Waals surface area contributed by atoms with Crippen molar-refractivity contribution in [3.05, 3.63) is 29.8 Å². The second-order valence-electron chi connectivity index (χ2n) is 5.51. The number of urea groups is 1. The smallest absolute Gasteiger partial charge is 0.326 e. The Balaban J connectivity index is 1.94. The number of piperidine rings is 1. The van der Waals surface area contributed by atoms with Gasteiger partial charge in [-0.25, -0.2) is 9.80 Å². The quantitative estimate of drug-likeness (QED) is 0.794. The highest BCUT2D eigenvalue weighted by atomic mass is 16.2.